The molecule has 0 aromatic heterocycles. The molecule has 4 rings (SSSR count). The van der Waals surface area contributed by atoms with E-state index in [4.69, 9.17) is 23.7 Å². The number of benzene rings is 2. The van der Waals surface area contributed by atoms with Crippen molar-refractivity contribution >= 4 is 27.7 Å². The zero-order valence-corrected chi connectivity index (χ0v) is 25.3. The molecule has 0 saturated heterocycles. The number of carbonyl (C=O) groups is 2. The van der Waals surface area contributed by atoms with Gasteiger partial charge in [0.25, 0.3) is 0 Å². The van der Waals surface area contributed by atoms with Crippen LogP contribution in [0.25, 0.3) is 0 Å². The van der Waals surface area contributed by atoms with Crippen molar-refractivity contribution in [3.05, 3.63) is 74.5 Å². The molecule has 0 saturated carbocycles. The number of halogens is 1. The fraction of sp³-hybridized carbons (Fsp3) is 0.419. The summed E-state index contributed by atoms with van der Waals surface area (Å²) < 4.78 is 28.6. The second-order valence-corrected chi connectivity index (χ2v) is 11.0. The van der Waals surface area contributed by atoms with Crippen molar-refractivity contribution in [2.24, 2.45) is 0 Å². The zero-order chi connectivity index (χ0) is 29.0. The van der Waals surface area contributed by atoms with Gasteiger partial charge in [-0.3, -0.25) is 4.79 Å². The highest BCUT2D eigenvalue weighted by Crippen LogP contribution is 2.48. The first-order chi connectivity index (χ1) is 19.2. The lowest BCUT2D eigenvalue weighted by Crippen LogP contribution is -2.36. The molecule has 8 nitrogen and oxygen atoms in total. The number of esters is 1. The van der Waals surface area contributed by atoms with Crippen LogP contribution in [0.15, 0.2) is 63.4 Å². The standard InChI is InChI=1S/C31H36BrNO7/c1-17(2)39-11-12-40-31(35)28-18(3)33-23-13-20(19-7-9-26(37-5)27(15-19)38-6)14-24(34)30(23)29(28)22-16-21(32)8-10-25(22)36-4/h7-10,15-17,20,29,33H,11-14H2,1-6H3/t20-,29-/m1/s1. The van der Waals surface area contributed by atoms with E-state index in [-0.39, 0.29) is 37.4 Å². The van der Waals surface area contributed by atoms with Gasteiger partial charge in [0, 0.05) is 33.4 Å². The summed E-state index contributed by atoms with van der Waals surface area (Å²) >= 11 is 3.55. The Kier molecular flexibility index (Phi) is 9.58. The van der Waals surface area contributed by atoms with Crippen LogP contribution in [0.4, 0.5) is 0 Å². The molecule has 40 heavy (non-hydrogen) atoms. The van der Waals surface area contributed by atoms with Gasteiger partial charge in [0.1, 0.15) is 12.4 Å². The van der Waals surface area contributed by atoms with E-state index in [1.807, 2.05) is 57.2 Å². The minimum atomic E-state index is -0.652. The molecule has 1 N–H and O–H groups in total. The number of hydrogen-bond acceptors (Lipinski definition) is 8. The highest BCUT2D eigenvalue weighted by Gasteiger charge is 2.42. The Morgan fingerprint density at radius 1 is 0.975 bits per heavy atom. The second kappa shape index (κ2) is 12.9. The molecule has 0 unspecified atom stereocenters. The number of carbonyl (C=O) groups excluding carboxylic acids is 2. The molecule has 0 bridgehead atoms. The second-order valence-electron chi connectivity index (χ2n) is 10.1. The van der Waals surface area contributed by atoms with Crippen LogP contribution in [0, 0.1) is 0 Å². The average Bonchev–Trinajstić information content (AvgIpc) is 2.93. The van der Waals surface area contributed by atoms with E-state index >= 15 is 0 Å². The summed E-state index contributed by atoms with van der Waals surface area (Å²) in [5, 5.41) is 3.39. The predicted molar refractivity (Wildman–Crippen MR) is 155 cm³/mol. The van der Waals surface area contributed by atoms with Crippen molar-refractivity contribution in [2.75, 3.05) is 34.5 Å². The first kappa shape index (κ1) is 29.7. The van der Waals surface area contributed by atoms with Crippen molar-refractivity contribution in [2.45, 2.75) is 51.6 Å². The number of Topliss-reactive ketones (excluding diaryl/α,β-unsaturated/α-hetero) is 1. The Morgan fingerprint density at radius 2 is 1.68 bits per heavy atom. The SMILES string of the molecule is COc1ccc([C@H]2CC(=O)C3=C(C2)NC(C)=C(C(=O)OCCOC(C)C)[C@H]3c2cc(Br)ccc2OC)cc1OC. The van der Waals surface area contributed by atoms with E-state index in [0.29, 0.717) is 46.1 Å². The molecular weight excluding hydrogens is 578 g/mol. The number of dihydropyridines is 1. The molecule has 0 amide bonds. The van der Waals surface area contributed by atoms with Crippen LogP contribution in [-0.4, -0.2) is 52.4 Å². The van der Waals surface area contributed by atoms with Gasteiger partial charge >= 0.3 is 5.97 Å². The molecule has 0 spiro atoms. The first-order valence-corrected chi connectivity index (χ1v) is 14.1. The Balaban J connectivity index is 1.75. The molecule has 1 aliphatic carbocycles. The molecule has 0 radical (unpaired) electrons. The molecule has 2 aromatic rings. The summed E-state index contributed by atoms with van der Waals surface area (Å²) in [5.74, 6) is 0.569. The number of allylic oxidation sites excluding steroid dienone is 3. The van der Waals surface area contributed by atoms with Crippen LogP contribution in [0.2, 0.25) is 0 Å². The number of nitrogens with one attached hydrogen (secondary N) is 1. The topological polar surface area (TPSA) is 92.3 Å². The quantitative estimate of drug-likeness (QED) is 0.265. The molecule has 9 heteroatoms. The summed E-state index contributed by atoms with van der Waals surface area (Å²) in [7, 11) is 4.77. The van der Waals surface area contributed by atoms with Crippen molar-refractivity contribution < 1.29 is 33.3 Å². The van der Waals surface area contributed by atoms with Gasteiger partial charge in [-0.15, -0.1) is 0 Å². The van der Waals surface area contributed by atoms with Crippen molar-refractivity contribution in [3.8, 4) is 17.2 Å². The molecule has 1 heterocycles. The van der Waals surface area contributed by atoms with Crippen molar-refractivity contribution in [3.63, 3.8) is 0 Å². The number of hydrogen-bond donors (Lipinski definition) is 1. The first-order valence-electron chi connectivity index (χ1n) is 13.3. The van der Waals surface area contributed by atoms with E-state index in [1.54, 1.807) is 21.3 Å². The molecule has 214 valence electrons. The Bertz CT molecular complexity index is 1350. The van der Waals surface area contributed by atoms with E-state index < -0.39 is 11.9 Å². The van der Waals surface area contributed by atoms with E-state index in [0.717, 1.165) is 15.7 Å². The van der Waals surface area contributed by atoms with Crippen LogP contribution < -0.4 is 19.5 Å². The normalized spacial score (nSPS) is 18.9. The molecule has 1 aliphatic heterocycles. The third-order valence-corrected chi connectivity index (χ3v) is 7.69. The number of methoxy groups -OCH3 is 3. The number of rotatable bonds is 10. The van der Waals surface area contributed by atoms with Gasteiger partial charge in [0.05, 0.1) is 45.5 Å². The van der Waals surface area contributed by atoms with Gasteiger partial charge in [-0.05, 0) is 69.0 Å². The Labute approximate surface area is 243 Å². The van der Waals surface area contributed by atoms with E-state index in [9.17, 15) is 9.59 Å². The van der Waals surface area contributed by atoms with E-state index in [2.05, 4.69) is 21.2 Å². The van der Waals surface area contributed by atoms with Gasteiger partial charge in [-0.25, -0.2) is 4.79 Å². The molecule has 2 aliphatic rings. The van der Waals surface area contributed by atoms with Gasteiger partial charge in [-0.2, -0.15) is 0 Å². The van der Waals surface area contributed by atoms with Crippen LogP contribution in [0.1, 0.15) is 56.6 Å². The fourth-order valence-electron chi connectivity index (χ4n) is 5.39. The number of ketones is 1. The van der Waals surface area contributed by atoms with Crippen molar-refractivity contribution in [1.82, 2.24) is 5.32 Å². The van der Waals surface area contributed by atoms with Crippen LogP contribution >= 0.6 is 15.9 Å². The van der Waals surface area contributed by atoms with Crippen LogP contribution in [0.5, 0.6) is 17.2 Å². The lowest BCUT2D eigenvalue weighted by molar-refractivity contribution is -0.141. The summed E-state index contributed by atoms with van der Waals surface area (Å²) in [5.41, 5.74) is 4.07. The van der Waals surface area contributed by atoms with Gasteiger partial charge in [0.2, 0.25) is 0 Å². The molecule has 2 aromatic carbocycles. The molecule has 0 fully saturated rings. The minimum absolute atomic E-state index is 0.0286. The van der Waals surface area contributed by atoms with Gasteiger partial charge in [-0.1, -0.05) is 22.0 Å². The summed E-state index contributed by atoms with van der Waals surface area (Å²) in [6.45, 7) is 6.08. The highest BCUT2D eigenvalue weighted by molar-refractivity contribution is 9.10. The van der Waals surface area contributed by atoms with Gasteiger partial charge in [0.15, 0.2) is 17.3 Å². The smallest absolute Gasteiger partial charge is 0.336 e. The summed E-state index contributed by atoms with van der Waals surface area (Å²) in [6.07, 6.45) is 0.901. The Hall–Kier alpha value is -3.30. The number of ether oxygens (including phenoxy) is 5. The monoisotopic (exact) mass is 613 g/mol. The van der Waals surface area contributed by atoms with Gasteiger partial charge < -0.3 is 29.0 Å². The minimum Gasteiger partial charge on any atom is -0.496 e. The lowest BCUT2D eigenvalue weighted by atomic mass is 9.71. The van der Waals surface area contributed by atoms with Crippen LogP contribution in [-0.2, 0) is 19.1 Å². The van der Waals surface area contributed by atoms with E-state index in [1.165, 1.54) is 0 Å². The molecule has 2 atom stereocenters. The maximum atomic E-state index is 14.0. The zero-order valence-electron chi connectivity index (χ0n) is 23.8. The molecular formula is C31H36BrNO7. The van der Waals surface area contributed by atoms with Crippen molar-refractivity contribution in [1.29, 1.82) is 0 Å². The third kappa shape index (κ3) is 6.20. The van der Waals surface area contributed by atoms with Crippen LogP contribution in [0.3, 0.4) is 0 Å². The maximum absolute atomic E-state index is 14.0. The fourth-order valence-corrected chi connectivity index (χ4v) is 5.77. The third-order valence-electron chi connectivity index (χ3n) is 7.20. The predicted octanol–water partition coefficient (Wildman–Crippen LogP) is 5.80. The summed E-state index contributed by atoms with van der Waals surface area (Å²) in [6, 6.07) is 11.3. The lowest BCUT2D eigenvalue weighted by Gasteiger charge is -2.37. The highest BCUT2D eigenvalue weighted by atomic mass is 79.9. The largest absolute Gasteiger partial charge is 0.496 e. The summed E-state index contributed by atoms with van der Waals surface area (Å²) in [4.78, 5) is 27.5. The Morgan fingerprint density at radius 3 is 2.35 bits per heavy atom. The maximum Gasteiger partial charge on any atom is 0.336 e. The average molecular weight is 615 g/mol.